The lowest BCUT2D eigenvalue weighted by molar-refractivity contribution is 0.138. The van der Waals surface area contributed by atoms with E-state index in [4.69, 9.17) is 0 Å². The van der Waals surface area contributed by atoms with E-state index in [1.165, 1.54) is 6.33 Å². The molecule has 2 aromatic heterocycles. The molecule has 0 bridgehead atoms. The second kappa shape index (κ2) is 6.67. The monoisotopic (exact) mass is 325 g/mol. The van der Waals surface area contributed by atoms with Gasteiger partial charge in [-0.25, -0.2) is 14.3 Å². The lowest BCUT2D eigenvalue weighted by Crippen LogP contribution is -2.39. The molecule has 0 aliphatic carbocycles. The highest BCUT2D eigenvalue weighted by Gasteiger charge is 2.19. The number of amides is 2. The van der Waals surface area contributed by atoms with E-state index in [9.17, 15) is 9.90 Å². The minimum Gasteiger partial charge on any atom is -0.386 e. The molecule has 3 N–H and O–H groups in total. The molecule has 0 fully saturated rings. The Hall–Kier alpha value is -2.93. The van der Waals surface area contributed by atoms with E-state index in [-0.39, 0.29) is 6.03 Å². The number of aromatic nitrogens is 3. The third-order valence-electron chi connectivity index (χ3n) is 3.75. The highest BCUT2D eigenvalue weighted by atomic mass is 16.3. The number of aryl methyl sites for hydroxylation is 1. The highest BCUT2D eigenvalue weighted by molar-refractivity contribution is 5.89. The maximum atomic E-state index is 12.1. The average Bonchev–Trinajstić information content (AvgIpc) is 3.01. The minimum atomic E-state index is -0.859. The zero-order valence-electron chi connectivity index (χ0n) is 13.5. The van der Waals surface area contributed by atoms with Gasteiger partial charge < -0.3 is 15.7 Å². The predicted octanol–water partition coefficient (Wildman–Crippen LogP) is 2.28. The molecule has 0 saturated carbocycles. The van der Waals surface area contributed by atoms with Crippen molar-refractivity contribution in [3.63, 3.8) is 0 Å². The molecular formula is C17H19N5O2. The number of anilines is 1. The van der Waals surface area contributed by atoms with Crippen LogP contribution >= 0.6 is 0 Å². The Morgan fingerprint density at radius 2 is 2.12 bits per heavy atom. The fraction of sp³-hybridized carbons (Fsp3) is 0.235. The molecule has 24 heavy (non-hydrogen) atoms. The van der Waals surface area contributed by atoms with E-state index >= 15 is 0 Å². The molecule has 0 radical (unpaired) electrons. The van der Waals surface area contributed by atoms with E-state index in [0.717, 1.165) is 5.56 Å². The Morgan fingerprint density at radius 1 is 1.29 bits per heavy atom. The number of hydrogen-bond acceptors (Lipinski definition) is 4. The summed E-state index contributed by atoms with van der Waals surface area (Å²) in [5.74, 6) is 0. The van der Waals surface area contributed by atoms with E-state index in [1.54, 1.807) is 29.8 Å². The quantitative estimate of drug-likeness (QED) is 0.686. The van der Waals surface area contributed by atoms with E-state index in [0.29, 0.717) is 16.9 Å². The zero-order valence-corrected chi connectivity index (χ0v) is 13.5. The Morgan fingerprint density at radius 3 is 2.92 bits per heavy atom. The standard InChI is InChI=1S/C17H19N5O2/c1-11-4-3-5-14(8-11)21-17(24)20-12(2)16(23)13-6-7-15-18-10-19-22(15)9-13/h3-10,12,16,23H,1-2H3,(H2,20,21,24)/t12-,16-/m0/s1. The Kier molecular flexibility index (Phi) is 4.43. The van der Waals surface area contributed by atoms with Gasteiger partial charge in [0.15, 0.2) is 5.65 Å². The van der Waals surface area contributed by atoms with Crippen molar-refractivity contribution < 1.29 is 9.90 Å². The van der Waals surface area contributed by atoms with Crippen LogP contribution in [0.25, 0.3) is 5.65 Å². The summed E-state index contributed by atoms with van der Waals surface area (Å²) >= 11 is 0. The SMILES string of the molecule is Cc1cccc(NC(=O)N[C@@H](C)[C@H](O)c2ccc3ncnn3c2)c1. The van der Waals surface area contributed by atoms with E-state index in [1.807, 2.05) is 31.2 Å². The number of urea groups is 1. The van der Waals surface area contributed by atoms with Crippen LogP contribution in [0.15, 0.2) is 48.9 Å². The van der Waals surface area contributed by atoms with E-state index < -0.39 is 12.1 Å². The fourth-order valence-corrected chi connectivity index (χ4v) is 2.47. The molecule has 0 spiro atoms. The van der Waals surface area contributed by atoms with Crippen molar-refractivity contribution in [2.24, 2.45) is 0 Å². The zero-order chi connectivity index (χ0) is 17.1. The summed E-state index contributed by atoms with van der Waals surface area (Å²) in [4.78, 5) is 16.1. The number of aliphatic hydroxyl groups is 1. The lowest BCUT2D eigenvalue weighted by atomic mass is 10.1. The number of hydrogen-bond donors (Lipinski definition) is 3. The molecular weight excluding hydrogens is 306 g/mol. The van der Waals surface area contributed by atoms with Crippen LogP contribution in [0.1, 0.15) is 24.2 Å². The maximum Gasteiger partial charge on any atom is 0.319 e. The topological polar surface area (TPSA) is 91.5 Å². The molecule has 0 saturated heterocycles. The fourth-order valence-electron chi connectivity index (χ4n) is 2.47. The molecule has 1 aromatic carbocycles. The number of pyridine rings is 1. The molecule has 3 aromatic rings. The van der Waals surface area contributed by atoms with Crippen molar-refractivity contribution in [3.8, 4) is 0 Å². The molecule has 2 amide bonds. The van der Waals surface area contributed by atoms with Crippen LogP contribution in [0.2, 0.25) is 0 Å². The van der Waals surface area contributed by atoms with Crippen LogP contribution < -0.4 is 10.6 Å². The highest BCUT2D eigenvalue weighted by Crippen LogP contribution is 2.17. The summed E-state index contributed by atoms with van der Waals surface area (Å²) in [5, 5.41) is 20.0. The number of carbonyl (C=O) groups is 1. The van der Waals surface area contributed by atoms with Crippen molar-refractivity contribution in [2.45, 2.75) is 26.0 Å². The number of nitrogens with zero attached hydrogens (tertiary/aromatic N) is 3. The van der Waals surface area contributed by atoms with Gasteiger partial charge >= 0.3 is 6.03 Å². The molecule has 2 atom stereocenters. The van der Waals surface area contributed by atoms with Gasteiger partial charge in [0.2, 0.25) is 0 Å². The largest absolute Gasteiger partial charge is 0.386 e. The summed E-state index contributed by atoms with van der Waals surface area (Å²) in [6.07, 6.45) is 2.29. The Balaban J connectivity index is 1.64. The molecule has 7 heteroatoms. The van der Waals surface area contributed by atoms with Crippen LogP contribution in [0.4, 0.5) is 10.5 Å². The van der Waals surface area contributed by atoms with Crippen LogP contribution in [0.3, 0.4) is 0 Å². The van der Waals surface area contributed by atoms with Crippen LogP contribution in [-0.4, -0.2) is 31.8 Å². The van der Waals surface area contributed by atoms with Gasteiger partial charge in [0.05, 0.1) is 6.04 Å². The van der Waals surface area contributed by atoms with Crippen LogP contribution in [0, 0.1) is 6.92 Å². The number of rotatable bonds is 4. The first-order valence-corrected chi connectivity index (χ1v) is 7.64. The smallest absolute Gasteiger partial charge is 0.319 e. The van der Waals surface area contributed by atoms with Crippen molar-refractivity contribution >= 4 is 17.4 Å². The summed E-state index contributed by atoms with van der Waals surface area (Å²) < 4.78 is 1.58. The average molecular weight is 325 g/mol. The van der Waals surface area contributed by atoms with Crippen molar-refractivity contribution in [2.75, 3.05) is 5.32 Å². The van der Waals surface area contributed by atoms with Gasteiger partial charge in [0.1, 0.15) is 12.4 Å². The summed E-state index contributed by atoms with van der Waals surface area (Å²) in [7, 11) is 0. The van der Waals surface area contributed by atoms with Gasteiger partial charge in [0.25, 0.3) is 0 Å². The second-order valence-corrected chi connectivity index (χ2v) is 5.73. The normalized spacial score (nSPS) is 13.5. The number of aliphatic hydroxyl groups excluding tert-OH is 1. The third-order valence-corrected chi connectivity index (χ3v) is 3.75. The van der Waals surface area contributed by atoms with E-state index in [2.05, 4.69) is 20.7 Å². The molecule has 3 rings (SSSR count). The second-order valence-electron chi connectivity index (χ2n) is 5.73. The lowest BCUT2D eigenvalue weighted by Gasteiger charge is -2.21. The van der Waals surface area contributed by atoms with Gasteiger partial charge in [-0.1, -0.05) is 18.2 Å². The number of nitrogens with one attached hydrogen (secondary N) is 2. The molecule has 0 aliphatic heterocycles. The first-order chi connectivity index (χ1) is 11.5. The van der Waals surface area contributed by atoms with Crippen LogP contribution in [0.5, 0.6) is 0 Å². The number of benzene rings is 1. The van der Waals surface area contributed by atoms with Gasteiger partial charge in [-0.15, -0.1) is 0 Å². The Bertz CT molecular complexity index is 861. The maximum absolute atomic E-state index is 12.1. The third kappa shape index (κ3) is 3.52. The molecule has 124 valence electrons. The molecule has 2 heterocycles. The molecule has 0 unspecified atom stereocenters. The first kappa shape index (κ1) is 15.9. The van der Waals surface area contributed by atoms with Crippen molar-refractivity contribution in [1.29, 1.82) is 0 Å². The van der Waals surface area contributed by atoms with Gasteiger partial charge in [-0.05, 0) is 37.6 Å². The number of carbonyl (C=O) groups excluding carboxylic acids is 1. The molecule has 7 nitrogen and oxygen atoms in total. The number of fused-ring (bicyclic) bond motifs is 1. The van der Waals surface area contributed by atoms with Gasteiger partial charge in [0, 0.05) is 17.4 Å². The van der Waals surface area contributed by atoms with Crippen molar-refractivity contribution in [3.05, 3.63) is 60.0 Å². The minimum absolute atomic E-state index is 0.367. The van der Waals surface area contributed by atoms with Gasteiger partial charge in [-0.3, -0.25) is 0 Å². The van der Waals surface area contributed by atoms with Gasteiger partial charge in [-0.2, -0.15) is 5.10 Å². The first-order valence-electron chi connectivity index (χ1n) is 7.64. The molecule has 0 aliphatic rings. The Labute approximate surface area is 139 Å². The predicted molar refractivity (Wildman–Crippen MR) is 90.7 cm³/mol. The summed E-state index contributed by atoms with van der Waals surface area (Å²) in [6.45, 7) is 3.70. The van der Waals surface area contributed by atoms with Crippen molar-refractivity contribution in [1.82, 2.24) is 19.9 Å². The summed E-state index contributed by atoms with van der Waals surface area (Å²) in [5.41, 5.74) is 3.11. The van der Waals surface area contributed by atoms with Crippen LogP contribution in [-0.2, 0) is 0 Å². The summed E-state index contributed by atoms with van der Waals surface area (Å²) in [6, 6.07) is 10.2.